The second-order valence-corrected chi connectivity index (χ2v) is 29.2. The molecule has 2 aliphatic carbocycles. The number of benzene rings is 4. The van der Waals surface area contributed by atoms with Gasteiger partial charge < -0.3 is 28.0 Å². The molecule has 11 aromatic rings. The van der Waals surface area contributed by atoms with Gasteiger partial charge in [-0.25, -0.2) is 15.0 Å². The van der Waals surface area contributed by atoms with Gasteiger partial charge in [0, 0.05) is 107 Å². The minimum Gasteiger partial charge on any atom is -0.436 e. The van der Waals surface area contributed by atoms with Gasteiger partial charge in [0.05, 0.1) is 23.3 Å². The van der Waals surface area contributed by atoms with Crippen LogP contribution in [-0.4, -0.2) is 54.4 Å². The SMILES string of the molecule is Cc1ccccc1-n1ccc[n+]1C.[2H]C([2H])([2H])C1(C([2H])([2H])[2H])[C@H](C)N(c2c(C)ccc3c2oc2nc(C)ccc23)C(C)(C)C1([2H])[2H].[2H]C1([2H])C2(CCCCC2)[C@H](C)N(c2c(C)ccc3c2oc2nc(C)ccc23)C1(C)C.[2H]C1([2H])C2(CCCCC2)[C@H](C)N(c2c(C)ccc3c2oc2ncccc23)C1(C)C. The Hall–Kier alpha value is -7.66. The fourth-order valence-electron chi connectivity index (χ4n) is 17.1. The number of furan rings is 3. The average Bonchev–Trinajstić information content (AvgIpc) is 1.51. The third-order valence-corrected chi connectivity index (χ3v) is 21.5. The predicted octanol–water partition coefficient (Wildman–Crippen LogP) is 21.2. The Bertz CT molecular complexity index is 5130. The van der Waals surface area contributed by atoms with Crippen LogP contribution in [0.4, 0.5) is 17.1 Å². The zero-order chi connectivity index (χ0) is 76.3. The first kappa shape index (κ1) is 50.8. The molecular formula is C82H103N8O3+. The second kappa shape index (κ2) is 23.7. The lowest BCUT2D eigenvalue weighted by atomic mass is 9.68. The van der Waals surface area contributed by atoms with E-state index in [1.807, 2.05) is 82.5 Å². The summed E-state index contributed by atoms with van der Waals surface area (Å²) in [7, 11) is 2.03. The highest BCUT2D eigenvalue weighted by Gasteiger charge is 2.56. The molecule has 5 aliphatic rings. The lowest BCUT2D eigenvalue weighted by molar-refractivity contribution is -0.744. The summed E-state index contributed by atoms with van der Waals surface area (Å²) in [6.07, 6.45) is 11.4. The third-order valence-electron chi connectivity index (χ3n) is 21.5. The highest BCUT2D eigenvalue weighted by molar-refractivity contribution is 6.11. The molecule has 7 aromatic heterocycles. The molecule has 0 unspecified atom stereocenters. The van der Waals surface area contributed by atoms with Crippen LogP contribution < -0.4 is 19.4 Å². The van der Waals surface area contributed by atoms with Crippen LogP contribution in [0.5, 0.6) is 0 Å². The van der Waals surface area contributed by atoms with Crippen molar-refractivity contribution in [2.24, 2.45) is 23.3 Å². The fraction of sp³-hybridized carbons (Fsp3) is 0.488. The van der Waals surface area contributed by atoms with Crippen molar-refractivity contribution in [3.63, 3.8) is 0 Å². The number of para-hydroxylation sites is 1. The van der Waals surface area contributed by atoms with Crippen LogP contribution >= 0.6 is 0 Å². The Kier molecular flexibility index (Phi) is 12.9. The number of fused-ring (bicyclic) bond motifs is 9. The van der Waals surface area contributed by atoms with Gasteiger partial charge in [0.25, 0.3) is 0 Å². The second-order valence-electron chi connectivity index (χ2n) is 29.2. The van der Waals surface area contributed by atoms with Crippen LogP contribution in [0.2, 0.25) is 0 Å². The van der Waals surface area contributed by atoms with Crippen molar-refractivity contribution in [2.45, 2.75) is 236 Å². The van der Waals surface area contributed by atoms with Crippen molar-refractivity contribution in [1.29, 1.82) is 0 Å². The molecule has 2 saturated carbocycles. The Labute approximate surface area is 569 Å². The van der Waals surface area contributed by atoms with E-state index in [0.717, 1.165) is 134 Å². The van der Waals surface area contributed by atoms with Gasteiger partial charge in [-0.05, 0) is 230 Å². The minimum absolute atomic E-state index is 0.0926. The number of hydrogen-bond donors (Lipinski definition) is 0. The van der Waals surface area contributed by atoms with Crippen LogP contribution in [0.3, 0.4) is 0 Å². The van der Waals surface area contributed by atoms with E-state index in [4.69, 9.17) is 24.2 Å². The zero-order valence-electron chi connectivity index (χ0n) is 69.7. The summed E-state index contributed by atoms with van der Waals surface area (Å²) in [4.78, 5) is 19.8. The third kappa shape index (κ3) is 11.1. The number of hydrogen-bond acceptors (Lipinski definition) is 9. The van der Waals surface area contributed by atoms with Crippen LogP contribution in [0.15, 0.2) is 135 Å². The van der Waals surface area contributed by atoms with Gasteiger partial charge >= 0.3 is 0 Å². The molecule has 488 valence electrons. The first-order chi connectivity index (χ1) is 49.0. The Balaban J connectivity index is 0.000000129. The number of aromatic nitrogens is 5. The molecule has 93 heavy (non-hydrogen) atoms. The molecule has 3 saturated heterocycles. The van der Waals surface area contributed by atoms with Crippen molar-refractivity contribution >= 4 is 83.3 Å². The predicted molar refractivity (Wildman–Crippen MR) is 387 cm³/mol. The first-order valence-corrected chi connectivity index (χ1v) is 33.9. The molecule has 0 amide bonds. The van der Waals surface area contributed by atoms with Gasteiger partial charge in [-0.1, -0.05) is 107 Å². The summed E-state index contributed by atoms with van der Waals surface area (Å²) >= 11 is 0. The lowest BCUT2D eigenvalue weighted by Gasteiger charge is -2.41. The molecule has 11 heteroatoms. The number of nitrogens with zero attached hydrogens (tertiary/aromatic N) is 8. The van der Waals surface area contributed by atoms with Gasteiger partial charge in [-0.3, -0.25) is 0 Å². The summed E-state index contributed by atoms with van der Waals surface area (Å²) in [5, 5.41) is 5.69. The van der Waals surface area contributed by atoms with Crippen LogP contribution in [0, 0.1) is 57.8 Å². The topological polar surface area (TPSA) is 96.6 Å². The molecule has 3 aliphatic heterocycles. The highest BCUT2D eigenvalue weighted by Crippen LogP contribution is 2.59. The maximum Gasteiger partial charge on any atom is 0.227 e. The zero-order valence-corrected chi connectivity index (χ0v) is 57.7. The maximum atomic E-state index is 9.34. The van der Waals surface area contributed by atoms with E-state index >= 15 is 0 Å². The monoisotopic (exact) mass is 1260 g/mol. The molecule has 0 radical (unpaired) electrons. The number of anilines is 3. The standard InChI is InChI=1S/C25H32N2O.C24H30N2O.C22H28N2O.C11H13N2/c1-16-9-11-19-20-12-10-17(2)26-23(20)28-22(19)21(16)27-18(3)25(15-24(27,4)5)13-7-6-8-14-25;1-16-10-11-18-19-9-8-14-25-22(19)27-21(18)20(16)26-17(2)24(15-23(26,3)4)12-6-5-7-13-24;1-13-8-10-16-17-11-9-14(2)23-20(17)25-19(16)18(13)24-15(3)21(4,5)12-22(24,6)7;1-10-6-3-4-7-11(10)13-9-5-8-12(13)2/h9-12,18H,6-8,13-15H2,1-5H3;8-11,14,17H,5-7,12-13,15H2,1-4H3;8-11,15H,12H2,1-7H3;3-9H,1-2H3/q;;;+1/t18-;17-;15-;/m000./s1/i2*15D2;4D3,5D3,12D2;. The summed E-state index contributed by atoms with van der Waals surface area (Å²) in [6.45, 7) is 23.2. The lowest BCUT2D eigenvalue weighted by Crippen LogP contribution is -2.44. The average molecular weight is 1260 g/mol. The molecule has 3 atom stereocenters. The molecular weight excluding hydrogens is 1140 g/mol. The van der Waals surface area contributed by atoms with Gasteiger partial charge in [0.2, 0.25) is 17.1 Å². The summed E-state index contributed by atoms with van der Waals surface area (Å²) in [5.74, 6) is 0. The van der Waals surface area contributed by atoms with E-state index in [1.54, 1.807) is 24.9 Å². The quantitative estimate of drug-likeness (QED) is 0.160. The fourth-order valence-corrected chi connectivity index (χ4v) is 17.1. The van der Waals surface area contributed by atoms with Gasteiger partial charge in [0.15, 0.2) is 30.0 Å². The Morgan fingerprint density at radius 2 is 0.882 bits per heavy atom. The van der Waals surface area contributed by atoms with Crippen molar-refractivity contribution in [3.05, 3.63) is 155 Å². The molecule has 0 N–H and O–H groups in total. The molecule has 2 spiro atoms. The number of rotatable bonds is 4. The molecule has 11 nitrogen and oxygen atoms in total. The summed E-state index contributed by atoms with van der Waals surface area (Å²) < 4.78 is 128. The number of pyridine rings is 3. The van der Waals surface area contributed by atoms with Crippen LogP contribution in [0.1, 0.15) is 209 Å². The minimum atomic E-state index is -3.10. The molecule has 5 fully saturated rings. The smallest absolute Gasteiger partial charge is 0.227 e. The number of aryl methyl sites for hydroxylation is 7. The van der Waals surface area contributed by atoms with E-state index in [1.165, 1.54) is 31.0 Å². The summed E-state index contributed by atoms with van der Waals surface area (Å²) in [5.41, 5.74) is 7.53. The largest absolute Gasteiger partial charge is 0.436 e. The first-order valence-electron chi connectivity index (χ1n) is 39.9. The van der Waals surface area contributed by atoms with Crippen molar-refractivity contribution in [3.8, 4) is 5.69 Å². The maximum absolute atomic E-state index is 9.34. The van der Waals surface area contributed by atoms with Gasteiger partial charge in [-0.15, -0.1) is 9.36 Å². The van der Waals surface area contributed by atoms with E-state index in [2.05, 4.69) is 157 Å². The van der Waals surface area contributed by atoms with E-state index in [9.17, 15) is 5.48 Å². The van der Waals surface area contributed by atoms with Gasteiger partial charge in [-0.2, -0.15) is 0 Å². The molecule has 10 heterocycles. The highest BCUT2D eigenvalue weighted by atomic mass is 16.3. The van der Waals surface area contributed by atoms with E-state index in [0.29, 0.717) is 28.4 Å². The van der Waals surface area contributed by atoms with Crippen LogP contribution in [-0.2, 0) is 7.05 Å². The van der Waals surface area contributed by atoms with E-state index < -0.39 is 60.9 Å². The van der Waals surface area contributed by atoms with Crippen molar-refractivity contribution in [2.75, 3.05) is 14.7 Å². The molecule has 0 bridgehead atoms. The van der Waals surface area contributed by atoms with Crippen molar-refractivity contribution in [1.82, 2.24) is 19.6 Å². The van der Waals surface area contributed by atoms with Crippen LogP contribution in [0.25, 0.3) is 71.9 Å². The Morgan fingerprint density at radius 3 is 1.31 bits per heavy atom. The van der Waals surface area contributed by atoms with Gasteiger partial charge in [0.1, 0.15) is 5.69 Å². The summed E-state index contributed by atoms with van der Waals surface area (Å²) in [6, 6.07) is 33.5. The molecule has 4 aromatic carbocycles. The Morgan fingerprint density at radius 1 is 0.462 bits per heavy atom. The van der Waals surface area contributed by atoms with Crippen molar-refractivity contribution < 1.29 is 34.4 Å². The normalized spacial score (nSPS) is 25.5. The van der Waals surface area contributed by atoms with E-state index in [-0.39, 0.29) is 22.9 Å². The molecule has 16 rings (SSSR count).